The highest BCUT2D eigenvalue weighted by molar-refractivity contribution is 9.10. The van der Waals surface area contributed by atoms with Gasteiger partial charge in [-0.25, -0.2) is 17.8 Å². The predicted molar refractivity (Wildman–Crippen MR) is 65.1 cm³/mol. The molecule has 10 heteroatoms. The minimum atomic E-state index is -3.69. The molecule has 1 amide bonds. The van der Waals surface area contributed by atoms with E-state index in [1.54, 1.807) is 0 Å². The molecular weight excluding hydrogens is 326 g/mol. The molecule has 100 valence electrons. The smallest absolute Gasteiger partial charge is 0.260 e. The van der Waals surface area contributed by atoms with E-state index in [2.05, 4.69) is 36.3 Å². The second-order valence-corrected chi connectivity index (χ2v) is 6.40. The third-order valence-electron chi connectivity index (χ3n) is 2.60. The van der Waals surface area contributed by atoms with Crippen molar-refractivity contribution >= 4 is 31.9 Å². The second-order valence-electron chi connectivity index (χ2n) is 3.96. The molecule has 1 saturated heterocycles. The molecule has 2 heterocycles. The van der Waals surface area contributed by atoms with E-state index in [1.165, 1.54) is 11.7 Å². The molecule has 1 fully saturated rings. The van der Waals surface area contributed by atoms with Crippen LogP contribution in [0.2, 0.25) is 0 Å². The van der Waals surface area contributed by atoms with Crippen LogP contribution in [0.1, 0.15) is 12.8 Å². The third-order valence-corrected chi connectivity index (χ3v) is 4.91. The molecule has 1 aliphatic rings. The maximum Gasteiger partial charge on any atom is 0.260 e. The van der Waals surface area contributed by atoms with Crippen molar-refractivity contribution in [2.75, 3.05) is 6.54 Å². The summed E-state index contributed by atoms with van der Waals surface area (Å²) in [6.07, 6.45) is 1.06. The summed E-state index contributed by atoms with van der Waals surface area (Å²) >= 11 is 3.03. The van der Waals surface area contributed by atoms with Gasteiger partial charge in [0.15, 0.2) is 4.60 Å². The Kier molecular flexibility index (Phi) is 3.69. The van der Waals surface area contributed by atoms with Crippen molar-refractivity contribution in [1.82, 2.24) is 25.0 Å². The quantitative estimate of drug-likeness (QED) is 0.743. The number of carbonyl (C=O) groups excluding carboxylic acids is 1. The maximum absolute atomic E-state index is 12.0. The number of halogens is 1. The number of nitrogens with one attached hydrogen (secondary N) is 2. The van der Waals surface area contributed by atoms with E-state index in [9.17, 15) is 13.2 Å². The summed E-state index contributed by atoms with van der Waals surface area (Å²) in [5, 5.41) is 9.87. The van der Waals surface area contributed by atoms with Gasteiger partial charge in [0.1, 0.15) is 0 Å². The van der Waals surface area contributed by atoms with Crippen molar-refractivity contribution in [2.24, 2.45) is 7.05 Å². The van der Waals surface area contributed by atoms with Crippen molar-refractivity contribution in [3.05, 3.63) is 4.60 Å². The molecule has 0 spiro atoms. The van der Waals surface area contributed by atoms with Crippen LogP contribution in [0.15, 0.2) is 9.63 Å². The third kappa shape index (κ3) is 2.70. The molecule has 0 radical (unpaired) electrons. The Morgan fingerprint density at radius 1 is 1.61 bits per heavy atom. The molecule has 1 aromatic heterocycles. The maximum atomic E-state index is 12.0. The van der Waals surface area contributed by atoms with Gasteiger partial charge in [-0.2, -0.15) is 0 Å². The fourth-order valence-electron chi connectivity index (χ4n) is 1.72. The number of carbonyl (C=O) groups is 1. The first-order valence-electron chi connectivity index (χ1n) is 5.24. The van der Waals surface area contributed by atoms with Crippen molar-refractivity contribution in [2.45, 2.75) is 23.9 Å². The molecule has 1 aromatic rings. The zero-order chi connectivity index (χ0) is 13.3. The molecule has 1 aliphatic heterocycles. The first-order chi connectivity index (χ1) is 8.40. The van der Waals surface area contributed by atoms with Crippen LogP contribution in [0.4, 0.5) is 0 Å². The Morgan fingerprint density at radius 2 is 2.33 bits per heavy atom. The molecule has 0 saturated carbocycles. The van der Waals surface area contributed by atoms with Crippen LogP contribution in [0, 0.1) is 0 Å². The van der Waals surface area contributed by atoms with Gasteiger partial charge in [-0.15, -0.1) is 5.10 Å². The molecule has 2 rings (SSSR count). The van der Waals surface area contributed by atoms with E-state index in [1.807, 2.05) is 0 Å². The van der Waals surface area contributed by atoms with Crippen LogP contribution in [0.3, 0.4) is 0 Å². The number of hydrogen-bond donors (Lipinski definition) is 2. The summed E-state index contributed by atoms with van der Waals surface area (Å²) in [6, 6.07) is -0.160. The molecular formula is C8H12BrN5O3S. The first-order valence-corrected chi connectivity index (χ1v) is 7.52. The zero-order valence-corrected chi connectivity index (χ0v) is 12.0. The highest BCUT2D eigenvalue weighted by Crippen LogP contribution is 2.17. The molecule has 1 atom stereocenters. The van der Waals surface area contributed by atoms with Crippen LogP contribution in [-0.4, -0.2) is 41.9 Å². The van der Waals surface area contributed by atoms with Gasteiger partial charge in [0.2, 0.25) is 10.9 Å². The Balaban J connectivity index is 2.06. The van der Waals surface area contributed by atoms with Crippen molar-refractivity contribution in [3.8, 4) is 0 Å². The largest absolute Gasteiger partial charge is 0.352 e. The van der Waals surface area contributed by atoms with Crippen LogP contribution in [0.25, 0.3) is 0 Å². The highest BCUT2D eigenvalue weighted by atomic mass is 79.9. The minimum Gasteiger partial charge on any atom is -0.352 e. The van der Waals surface area contributed by atoms with Gasteiger partial charge >= 0.3 is 0 Å². The van der Waals surface area contributed by atoms with Gasteiger partial charge in [-0.05, 0) is 22.4 Å². The summed E-state index contributed by atoms with van der Waals surface area (Å²) < 4.78 is 27.8. The minimum absolute atomic E-state index is 0.0353. The standard InChI is InChI=1S/C8H12BrN5O3S/c1-14-8(7(9)12-13-14)18(16,17)10-4-5-2-3-6(15)11-5/h5,10H,2-4H2,1H3,(H,11,15). The summed E-state index contributed by atoms with van der Waals surface area (Å²) in [6.45, 7) is 0.158. The number of hydrogen-bond acceptors (Lipinski definition) is 5. The van der Waals surface area contributed by atoms with E-state index in [4.69, 9.17) is 0 Å². The van der Waals surface area contributed by atoms with Crippen molar-refractivity contribution in [1.29, 1.82) is 0 Å². The van der Waals surface area contributed by atoms with Gasteiger partial charge in [-0.1, -0.05) is 5.21 Å². The molecule has 18 heavy (non-hydrogen) atoms. The first kappa shape index (κ1) is 13.4. The summed E-state index contributed by atoms with van der Waals surface area (Å²) in [4.78, 5) is 11.0. The number of amides is 1. The number of aromatic nitrogens is 3. The van der Waals surface area contributed by atoms with E-state index < -0.39 is 10.0 Å². The fourth-order valence-corrected chi connectivity index (χ4v) is 3.89. The lowest BCUT2D eigenvalue weighted by Crippen LogP contribution is -2.38. The van der Waals surface area contributed by atoms with Crippen molar-refractivity contribution in [3.63, 3.8) is 0 Å². The topological polar surface area (TPSA) is 106 Å². The monoisotopic (exact) mass is 337 g/mol. The van der Waals surface area contributed by atoms with E-state index >= 15 is 0 Å². The number of rotatable bonds is 4. The van der Waals surface area contributed by atoms with Gasteiger partial charge in [0.25, 0.3) is 10.0 Å². The highest BCUT2D eigenvalue weighted by Gasteiger charge is 2.27. The second kappa shape index (κ2) is 4.94. The summed E-state index contributed by atoms with van der Waals surface area (Å²) in [7, 11) is -2.20. The lowest BCUT2D eigenvalue weighted by atomic mass is 10.2. The van der Waals surface area contributed by atoms with Gasteiger partial charge in [0, 0.05) is 26.1 Å². The predicted octanol–water partition coefficient (Wildman–Crippen LogP) is -0.865. The van der Waals surface area contributed by atoms with Crippen LogP contribution in [0.5, 0.6) is 0 Å². The number of sulfonamides is 1. The average molecular weight is 338 g/mol. The van der Waals surface area contributed by atoms with Crippen LogP contribution >= 0.6 is 15.9 Å². The van der Waals surface area contributed by atoms with Gasteiger partial charge < -0.3 is 5.32 Å². The zero-order valence-electron chi connectivity index (χ0n) is 9.55. The van der Waals surface area contributed by atoms with E-state index in [0.29, 0.717) is 12.8 Å². The molecule has 8 nitrogen and oxygen atoms in total. The summed E-state index contributed by atoms with van der Waals surface area (Å²) in [5.74, 6) is -0.0532. The van der Waals surface area contributed by atoms with Crippen LogP contribution < -0.4 is 10.0 Å². The van der Waals surface area contributed by atoms with Crippen molar-refractivity contribution < 1.29 is 13.2 Å². The number of nitrogens with zero attached hydrogens (tertiary/aromatic N) is 3. The van der Waals surface area contributed by atoms with Crippen LogP contribution in [-0.2, 0) is 21.9 Å². The fraction of sp³-hybridized carbons (Fsp3) is 0.625. The molecule has 0 aliphatic carbocycles. The Bertz CT molecular complexity index is 550. The van der Waals surface area contributed by atoms with Gasteiger partial charge in [0.05, 0.1) is 0 Å². The Hall–Kier alpha value is -1.00. The van der Waals surface area contributed by atoms with E-state index in [0.717, 1.165) is 0 Å². The Morgan fingerprint density at radius 3 is 2.83 bits per heavy atom. The van der Waals surface area contributed by atoms with E-state index in [-0.39, 0.29) is 28.1 Å². The lowest BCUT2D eigenvalue weighted by Gasteiger charge is -2.11. The SMILES string of the molecule is Cn1nnc(Br)c1S(=O)(=O)NCC1CCC(=O)N1. The lowest BCUT2D eigenvalue weighted by molar-refractivity contribution is -0.119. The molecule has 2 N–H and O–H groups in total. The normalized spacial score (nSPS) is 20.1. The summed E-state index contributed by atoms with van der Waals surface area (Å²) in [5.41, 5.74) is 0. The number of aryl methyl sites for hydroxylation is 1. The Labute approximate surface area is 112 Å². The molecule has 0 bridgehead atoms. The molecule has 0 aromatic carbocycles. The molecule has 1 unspecified atom stereocenters. The van der Waals surface area contributed by atoms with Gasteiger partial charge in [-0.3, -0.25) is 4.79 Å². The average Bonchev–Trinajstić information content (AvgIpc) is 2.83.